The number of rotatable bonds is 5. The minimum absolute atomic E-state index is 0.270. The third kappa shape index (κ3) is 3.39. The number of nitrogens with one attached hydrogen (secondary N) is 1. The van der Waals surface area contributed by atoms with Gasteiger partial charge in [-0.1, -0.05) is 30.3 Å². The van der Waals surface area contributed by atoms with Gasteiger partial charge in [-0.25, -0.2) is 9.69 Å². The second-order valence-electron chi connectivity index (χ2n) is 5.64. The van der Waals surface area contributed by atoms with E-state index in [1.807, 2.05) is 30.3 Å². The number of amides is 5. The average Bonchev–Trinajstić information content (AvgIpc) is 2.71. The number of carbonyl (C=O) groups excluding carboxylic acids is 4. The van der Waals surface area contributed by atoms with Crippen LogP contribution in [0.4, 0.5) is 4.79 Å². The predicted octanol–water partition coefficient (Wildman–Crippen LogP) is 1.06. The zero-order chi connectivity index (χ0) is 17.1. The lowest BCUT2D eigenvalue weighted by atomic mass is 10.1. The number of benzene rings is 1. The van der Waals surface area contributed by atoms with E-state index in [4.69, 9.17) is 0 Å². The van der Waals surface area contributed by atoms with Crippen molar-refractivity contribution in [3.63, 3.8) is 0 Å². The summed E-state index contributed by atoms with van der Waals surface area (Å²) in [6, 6.07) is 7.84. The van der Waals surface area contributed by atoms with Gasteiger partial charge in [-0.05, 0) is 26.3 Å². The van der Waals surface area contributed by atoms with E-state index in [1.54, 1.807) is 20.8 Å². The van der Waals surface area contributed by atoms with Crippen LogP contribution in [0.1, 0.15) is 32.4 Å². The molecule has 1 saturated heterocycles. The van der Waals surface area contributed by atoms with E-state index in [1.165, 1.54) is 0 Å². The summed E-state index contributed by atoms with van der Waals surface area (Å²) in [5.74, 6) is -2.36. The van der Waals surface area contributed by atoms with Crippen LogP contribution in [0.25, 0.3) is 0 Å². The van der Waals surface area contributed by atoms with Crippen LogP contribution in [-0.2, 0) is 14.4 Å². The van der Waals surface area contributed by atoms with E-state index < -0.39 is 36.3 Å². The molecule has 0 unspecified atom stereocenters. The van der Waals surface area contributed by atoms with Crippen LogP contribution in [-0.4, -0.2) is 46.1 Å². The molecule has 0 aromatic heterocycles. The Balaban J connectivity index is 2.02. The first-order chi connectivity index (χ1) is 10.8. The molecule has 7 nitrogen and oxygen atoms in total. The lowest BCUT2D eigenvalue weighted by Gasteiger charge is -2.19. The Labute approximate surface area is 134 Å². The minimum Gasteiger partial charge on any atom is -0.348 e. The number of nitrogens with zero attached hydrogens (tertiary/aromatic N) is 2. The fourth-order valence-electron chi connectivity index (χ4n) is 2.37. The fraction of sp³-hybridized carbons (Fsp3) is 0.375. The molecule has 122 valence electrons. The van der Waals surface area contributed by atoms with Gasteiger partial charge in [0.25, 0.3) is 0 Å². The van der Waals surface area contributed by atoms with Gasteiger partial charge >= 0.3 is 17.8 Å². The molecule has 1 aromatic carbocycles. The first-order valence-electron chi connectivity index (χ1n) is 7.36. The molecule has 5 amide bonds. The molecular formula is C16H19N3O4. The summed E-state index contributed by atoms with van der Waals surface area (Å²) in [4.78, 5) is 49.3. The smallest absolute Gasteiger partial charge is 0.334 e. The van der Waals surface area contributed by atoms with Gasteiger partial charge in [-0.15, -0.1) is 0 Å². The highest BCUT2D eigenvalue weighted by Crippen LogP contribution is 2.16. The van der Waals surface area contributed by atoms with Crippen molar-refractivity contribution in [2.24, 2.45) is 0 Å². The van der Waals surface area contributed by atoms with Crippen molar-refractivity contribution in [3.05, 3.63) is 35.9 Å². The van der Waals surface area contributed by atoms with Crippen molar-refractivity contribution >= 4 is 23.8 Å². The topological polar surface area (TPSA) is 86.8 Å². The number of hydrogen-bond donors (Lipinski definition) is 1. The molecule has 2 rings (SSSR count). The highest BCUT2D eigenvalue weighted by Gasteiger charge is 2.46. The monoisotopic (exact) mass is 317 g/mol. The summed E-state index contributed by atoms with van der Waals surface area (Å²) in [5, 5.41) is 2.71. The Bertz CT molecular complexity index is 642. The van der Waals surface area contributed by atoms with Crippen LogP contribution in [0.15, 0.2) is 30.3 Å². The first-order valence-corrected chi connectivity index (χ1v) is 7.36. The van der Waals surface area contributed by atoms with Crippen LogP contribution in [0.3, 0.4) is 0 Å². The van der Waals surface area contributed by atoms with E-state index in [2.05, 4.69) is 5.32 Å². The quantitative estimate of drug-likeness (QED) is 0.650. The summed E-state index contributed by atoms with van der Waals surface area (Å²) in [7, 11) is 0. The molecule has 1 fully saturated rings. The molecule has 1 aliphatic rings. The van der Waals surface area contributed by atoms with Gasteiger partial charge in [0.2, 0.25) is 5.91 Å². The Morgan fingerprint density at radius 2 is 1.65 bits per heavy atom. The molecule has 0 saturated carbocycles. The summed E-state index contributed by atoms with van der Waals surface area (Å²) >= 11 is 0. The van der Waals surface area contributed by atoms with E-state index in [0.717, 1.165) is 10.5 Å². The van der Waals surface area contributed by atoms with Gasteiger partial charge in [0, 0.05) is 6.04 Å². The normalized spacial score (nSPS) is 16.3. The number of urea groups is 1. The van der Waals surface area contributed by atoms with Crippen LogP contribution in [0.5, 0.6) is 0 Å². The summed E-state index contributed by atoms with van der Waals surface area (Å²) in [5.41, 5.74) is 0.903. The zero-order valence-electron chi connectivity index (χ0n) is 13.3. The molecular weight excluding hydrogens is 298 g/mol. The van der Waals surface area contributed by atoms with Crippen molar-refractivity contribution in [3.8, 4) is 0 Å². The van der Waals surface area contributed by atoms with Crippen molar-refractivity contribution < 1.29 is 19.2 Å². The van der Waals surface area contributed by atoms with Crippen molar-refractivity contribution in [1.82, 2.24) is 15.1 Å². The molecule has 0 aliphatic carbocycles. The molecule has 1 aromatic rings. The lowest BCUT2D eigenvalue weighted by Crippen LogP contribution is -2.43. The maximum Gasteiger partial charge on any atom is 0.334 e. The molecule has 0 spiro atoms. The molecule has 1 atom stereocenters. The van der Waals surface area contributed by atoms with E-state index in [0.29, 0.717) is 4.90 Å². The summed E-state index contributed by atoms with van der Waals surface area (Å²) in [6.07, 6.45) is 0. The average molecular weight is 317 g/mol. The standard InChI is InChI=1S/C16H19N3O4/c1-10(2)19-15(22)14(21)18(16(19)23)9-13(20)17-11(3)12-7-5-4-6-8-12/h4-8,10-11H,9H2,1-3H3,(H,17,20)/t11-/m1/s1. The Morgan fingerprint density at radius 1 is 1.04 bits per heavy atom. The van der Waals surface area contributed by atoms with Gasteiger partial charge in [0.15, 0.2) is 0 Å². The van der Waals surface area contributed by atoms with Gasteiger partial charge in [0.05, 0.1) is 6.04 Å². The van der Waals surface area contributed by atoms with E-state index in [-0.39, 0.29) is 6.04 Å². The molecule has 7 heteroatoms. The zero-order valence-corrected chi connectivity index (χ0v) is 13.3. The van der Waals surface area contributed by atoms with Crippen molar-refractivity contribution in [2.45, 2.75) is 32.9 Å². The molecule has 0 bridgehead atoms. The van der Waals surface area contributed by atoms with Crippen LogP contribution < -0.4 is 5.32 Å². The van der Waals surface area contributed by atoms with Gasteiger partial charge in [-0.2, -0.15) is 0 Å². The highest BCUT2D eigenvalue weighted by atomic mass is 16.2. The molecule has 1 heterocycles. The van der Waals surface area contributed by atoms with Gasteiger partial charge in [0.1, 0.15) is 6.54 Å². The molecule has 0 radical (unpaired) electrons. The van der Waals surface area contributed by atoms with Crippen LogP contribution >= 0.6 is 0 Å². The maximum atomic E-state index is 12.1. The van der Waals surface area contributed by atoms with E-state index in [9.17, 15) is 19.2 Å². The number of carbonyl (C=O) groups is 4. The third-order valence-corrected chi connectivity index (χ3v) is 3.58. The van der Waals surface area contributed by atoms with Crippen molar-refractivity contribution in [1.29, 1.82) is 0 Å². The molecule has 1 aliphatic heterocycles. The lowest BCUT2D eigenvalue weighted by molar-refractivity contribution is -0.144. The molecule has 1 N–H and O–H groups in total. The highest BCUT2D eigenvalue weighted by molar-refractivity contribution is 6.45. The first kappa shape index (κ1) is 16.7. The van der Waals surface area contributed by atoms with Gasteiger partial charge < -0.3 is 5.32 Å². The van der Waals surface area contributed by atoms with Crippen LogP contribution in [0.2, 0.25) is 0 Å². The SMILES string of the molecule is CC(C)N1C(=O)C(=O)N(CC(=O)N[C@H](C)c2ccccc2)C1=O. The van der Waals surface area contributed by atoms with E-state index >= 15 is 0 Å². The minimum atomic E-state index is -0.966. The number of imide groups is 2. The van der Waals surface area contributed by atoms with Gasteiger partial charge in [-0.3, -0.25) is 19.3 Å². The van der Waals surface area contributed by atoms with Crippen LogP contribution in [0, 0.1) is 0 Å². The third-order valence-electron chi connectivity index (χ3n) is 3.58. The Morgan fingerprint density at radius 3 is 2.17 bits per heavy atom. The Kier molecular flexibility index (Phi) is 4.78. The Hall–Kier alpha value is -2.70. The maximum absolute atomic E-state index is 12.1. The second-order valence-corrected chi connectivity index (χ2v) is 5.64. The number of hydrogen-bond acceptors (Lipinski definition) is 4. The summed E-state index contributed by atoms with van der Waals surface area (Å²) in [6.45, 7) is 4.59. The van der Waals surface area contributed by atoms with Crippen molar-refractivity contribution in [2.75, 3.05) is 6.54 Å². The predicted molar refractivity (Wildman–Crippen MR) is 82.1 cm³/mol. The molecule has 23 heavy (non-hydrogen) atoms. The second kappa shape index (κ2) is 6.60. The largest absolute Gasteiger partial charge is 0.348 e. The summed E-state index contributed by atoms with van der Waals surface area (Å²) < 4.78 is 0. The fourth-order valence-corrected chi connectivity index (χ4v) is 2.37.